The Morgan fingerprint density at radius 1 is 1.43 bits per heavy atom. The number of aromatic nitrogens is 1. The zero-order valence-electron chi connectivity index (χ0n) is 11.7. The number of nitrogens with zero attached hydrogens (tertiary/aromatic N) is 2. The average Bonchev–Trinajstić information content (AvgIpc) is 3.12. The SMILES string of the molecule is CC(c1nc(C(=O)O)cs1)N1C(=O)CC2(CCCC2)C1=O. The van der Waals surface area contributed by atoms with E-state index in [0.29, 0.717) is 5.01 Å². The number of thiazole rings is 1. The lowest BCUT2D eigenvalue weighted by Crippen LogP contribution is -2.36. The van der Waals surface area contributed by atoms with Gasteiger partial charge in [-0.15, -0.1) is 11.3 Å². The Morgan fingerprint density at radius 2 is 2.10 bits per heavy atom. The zero-order valence-corrected chi connectivity index (χ0v) is 12.5. The van der Waals surface area contributed by atoms with Crippen LogP contribution >= 0.6 is 11.3 Å². The van der Waals surface area contributed by atoms with Gasteiger partial charge >= 0.3 is 5.97 Å². The van der Waals surface area contributed by atoms with E-state index >= 15 is 0 Å². The fourth-order valence-electron chi connectivity index (χ4n) is 3.34. The minimum absolute atomic E-state index is 0.0449. The monoisotopic (exact) mass is 308 g/mol. The van der Waals surface area contributed by atoms with Crippen molar-refractivity contribution in [2.45, 2.75) is 45.1 Å². The van der Waals surface area contributed by atoms with Gasteiger partial charge in [-0.1, -0.05) is 12.8 Å². The molecule has 1 spiro atoms. The van der Waals surface area contributed by atoms with Crippen molar-refractivity contribution >= 4 is 29.1 Å². The average molecular weight is 308 g/mol. The normalized spacial score (nSPS) is 22.2. The highest BCUT2D eigenvalue weighted by molar-refractivity contribution is 7.09. The highest BCUT2D eigenvalue weighted by Gasteiger charge is 2.54. The third-order valence-corrected chi connectivity index (χ3v) is 5.49. The van der Waals surface area contributed by atoms with Gasteiger partial charge in [-0.05, 0) is 19.8 Å². The van der Waals surface area contributed by atoms with Crippen LogP contribution in [0.2, 0.25) is 0 Å². The second-order valence-electron chi connectivity index (χ2n) is 5.79. The minimum Gasteiger partial charge on any atom is -0.476 e. The van der Waals surface area contributed by atoms with E-state index in [2.05, 4.69) is 4.98 Å². The van der Waals surface area contributed by atoms with Crippen LogP contribution in [0.15, 0.2) is 5.38 Å². The quantitative estimate of drug-likeness (QED) is 0.865. The van der Waals surface area contributed by atoms with Crippen LogP contribution in [-0.2, 0) is 9.59 Å². The first kappa shape index (κ1) is 14.2. The van der Waals surface area contributed by atoms with Crippen LogP contribution in [0.4, 0.5) is 0 Å². The Kier molecular flexibility index (Phi) is 3.32. The molecule has 1 atom stereocenters. The molecular weight excluding hydrogens is 292 g/mol. The van der Waals surface area contributed by atoms with E-state index in [1.807, 2.05) is 0 Å². The molecule has 2 aliphatic rings. The van der Waals surface area contributed by atoms with Crippen LogP contribution in [0, 0.1) is 5.41 Å². The van der Waals surface area contributed by atoms with Crippen molar-refractivity contribution in [1.82, 2.24) is 9.88 Å². The summed E-state index contributed by atoms with van der Waals surface area (Å²) in [5.41, 5.74) is -0.547. The largest absolute Gasteiger partial charge is 0.476 e. The van der Waals surface area contributed by atoms with Crippen LogP contribution in [0.5, 0.6) is 0 Å². The van der Waals surface area contributed by atoms with Gasteiger partial charge in [0.05, 0.1) is 11.5 Å². The molecule has 0 aromatic carbocycles. The third-order valence-electron chi connectivity index (χ3n) is 4.48. The van der Waals surface area contributed by atoms with Gasteiger partial charge in [-0.3, -0.25) is 14.5 Å². The van der Waals surface area contributed by atoms with Gasteiger partial charge in [0, 0.05) is 11.8 Å². The van der Waals surface area contributed by atoms with Gasteiger partial charge in [-0.2, -0.15) is 0 Å². The van der Waals surface area contributed by atoms with E-state index in [1.165, 1.54) is 21.6 Å². The Hall–Kier alpha value is -1.76. The van der Waals surface area contributed by atoms with Gasteiger partial charge in [-0.25, -0.2) is 9.78 Å². The number of carboxylic acid groups (broad SMARTS) is 1. The van der Waals surface area contributed by atoms with E-state index < -0.39 is 17.4 Å². The molecule has 1 unspecified atom stereocenters. The fraction of sp³-hybridized carbons (Fsp3) is 0.571. The first-order valence-corrected chi connectivity index (χ1v) is 7.88. The number of likely N-dealkylation sites (tertiary alicyclic amines) is 1. The van der Waals surface area contributed by atoms with Gasteiger partial charge in [0.1, 0.15) is 5.01 Å². The maximum atomic E-state index is 12.7. The molecule has 1 aliphatic carbocycles. The lowest BCUT2D eigenvalue weighted by atomic mass is 9.84. The molecule has 2 heterocycles. The number of carbonyl (C=O) groups is 3. The lowest BCUT2D eigenvalue weighted by Gasteiger charge is -2.24. The van der Waals surface area contributed by atoms with Crippen LogP contribution in [0.1, 0.15) is 60.6 Å². The van der Waals surface area contributed by atoms with E-state index in [-0.39, 0.29) is 23.9 Å². The summed E-state index contributed by atoms with van der Waals surface area (Å²) >= 11 is 1.17. The van der Waals surface area contributed by atoms with Crippen molar-refractivity contribution in [1.29, 1.82) is 0 Å². The molecule has 2 amide bonds. The molecule has 3 rings (SSSR count). The predicted octanol–water partition coefficient (Wildman–Crippen LogP) is 2.22. The number of aromatic carboxylic acids is 1. The summed E-state index contributed by atoms with van der Waals surface area (Å²) in [4.78, 5) is 41.1. The topological polar surface area (TPSA) is 87.6 Å². The second-order valence-corrected chi connectivity index (χ2v) is 6.67. The van der Waals surface area contributed by atoms with Crippen LogP contribution in [0.3, 0.4) is 0 Å². The van der Waals surface area contributed by atoms with Gasteiger partial charge in [0.15, 0.2) is 5.69 Å². The fourth-order valence-corrected chi connectivity index (χ4v) is 4.18. The lowest BCUT2D eigenvalue weighted by molar-refractivity contribution is -0.143. The number of carboxylic acids is 1. The third kappa shape index (κ3) is 2.16. The molecule has 0 radical (unpaired) electrons. The van der Waals surface area contributed by atoms with Crippen molar-refractivity contribution < 1.29 is 19.5 Å². The summed E-state index contributed by atoms with van der Waals surface area (Å²) in [6, 6.07) is -0.497. The number of hydrogen-bond donors (Lipinski definition) is 1. The van der Waals surface area contributed by atoms with E-state index in [1.54, 1.807) is 6.92 Å². The summed E-state index contributed by atoms with van der Waals surface area (Å²) < 4.78 is 0. The molecule has 21 heavy (non-hydrogen) atoms. The van der Waals surface area contributed by atoms with Crippen molar-refractivity contribution in [3.63, 3.8) is 0 Å². The maximum Gasteiger partial charge on any atom is 0.355 e. The highest BCUT2D eigenvalue weighted by Crippen LogP contribution is 2.48. The summed E-state index contributed by atoms with van der Waals surface area (Å²) in [5, 5.41) is 10.8. The van der Waals surface area contributed by atoms with Gasteiger partial charge in [0.25, 0.3) is 0 Å². The standard InChI is InChI=1S/C14H16N2O4S/c1-8(11-15-9(7-21-11)12(18)19)16-10(17)6-14(13(16)20)4-2-3-5-14/h7-8H,2-6H2,1H3,(H,18,19). The molecule has 1 aromatic heterocycles. The molecule has 1 saturated heterocycles. The summed E-state index contributed by atoms with van der Waals surface area (Å²) in [6.07, 6.45) is 3.81. The molecule has 1 aromatic rings. The Morgan fingerprint density at radius 3 is 2.67 bits per heavy atom. The summed E-state index contributed by atoms with van der Waals surface area (Å²) in [6.45, 7) is 1.73. The molecular formula is C14H16N2O4S. The number of amides is 2. The molecule has 6 nitrogen and oxygen atoms in total. The van der Waals surface area contributed by atoms with Gasteiger partial charge < -0.3 is 5.11 Å². The molecule has 112 valence electrons. The Bertz CT molecular complexity index is 618. The number of rotatable bonds is 3. The highest BCUT2D eigenvalue weighted by atomic mass is 32.1. The van der Waals surface area contributed by atoms with E-state index in [9.17, 15) is 14.4 Å². The molecule has 0 bridgehead atoms. The molecule has 1 N–H and O–H groups in total. The van der Waals surface area contributed by atoms with Crippen LogP contribution in [0.25, 0.3) is 0 Å². The molecule has 1 saturated carbocycles. The second kappa shape index (κ2) is 4.91. The molecule has 1 aliphatic heterocycles. The minimum atomic E-state index is -1.10. The first-order chi connectivity index (χ1) is 9.94. The van der Waals surface area contributed by atoms with E-state index in [4.69, 9.17) is 5.11 Å². The molecule has 7 heteroatoms. The maximum absolute atomic E-state index is 12.7. The Balaban J connectivity index is 1.86. The summed E-state index contributed by atoms with van der Waals surface area (Å²) in [5.74, 6) is -1.37. The zero-order chi connectivity index (χ0) is 15.2. The first-order valence-electron chi connectivity index (χ1n) is 7.00. The Labute approximate surface area is 125 Å². The van der Waals surface area contributed by atoms with Crippen LogP contribution in [-0.4, -0.2) is 32.8 Å². The van der Waals surface area contributed by atoms with Gasteiger partial charge in [0.2, 0.25) is 11.8 Å². The number of imide groups is 1. The summed E-state index contributed by atoms with van der Waals surface area (Å²) in [7, 11) is 0. The van der Waals surface area contributed by atoms with Crippen molar-refractivity contribution in [3.8, 4) is 0 Å². The molecule has 2 fully saturated rings. The number of hydrogen-bond acceptors (Lipinski definition) is 5. The van der Waals surface area contributed by atoms with Crippen LogP contribution < -0.4 is 0 Å². The van der Waals surface area contributed by atoms with Crippen molar-refractivity contribution in [3.05, 3.63) is 16.1 Å². The van der Waals surface area contributed by atoms with E-state index in [0.717, 1.165) is 25.7 Å². The van der Waals surface area contributed by atoms with Crippen molar-refractivity contribution in [2.75, 3.05) is 0 Å². The predicted molar refractivity (Wildman–Crippen MR) is 74.9 cm³/mol. The smallest absolute Gasteiger partial charge is 0.355 e. The number of carbonyl (C=O) groups excluding carboxylic acids is 2. The van der Waals surface area contributed by atoms with Crippen molar-refractivity contribution in [2.24, 2.45) is 5.41 Å².